The van der Waals surface area contributed by atoms with Gasteiger partial charge in [-0.3, -0.25) is 4.79 Å². The quantitative estimate of drug-likeness (QED) is 0.752. The molecule has 1 N–H and O–H groups in total. The Labute approximate surface area is 149 Å². The van der Waals surface area contributed by atoms with Crippen molar-refractivity contribution in [2.45, 2.75) is 32.7 Å². The van der Waals surface area contributed by atoms with Crippen molar-refractivity contribution in [3.63, 3.8) is 0 Å². The first kappa shape index (κ1) is 18.7. The average molecular weight is 339 g/mol. The summed E-state index contributed by atoms with van der Waals surface area (Å²) in [6, 6.07) is 18.8. The highest BCUT2D eigenvalue weighted by Crippen LogP contribution is 2.10. The zero-order valence-electron chi connectivity index (χ0n) is 14.8. The number of hydrogen-bond acceptors (Lipinski definition) is 3. The molecule has 4 heteroatoms. The number of nitrogens with one attached hydrogen (secondary N) is 1. The molecule has 0 unspecified atom stereocenters. The molecule has 2 aromatic carbocycles. The number of hydrogen-bond donors (Lipinski definition) is 1. The molecule has 0 aliphatic heterocycles. The van der Waals surface area contributed by atoms with Gasteiger partial charge in [-0.1, -0.05) is 67.6 Å². The van der Waals surface area contributed by atoms with Gasteiger partial charge in [-0.2, -0.15) is 0 Å². The van der Waals surface area contributed by atoms with Crippen LogP contribution in [0.4, 0.5) is 0 Å². The first-order valence-electron chi connectivity index (χ1n) is 8.65. The maximum Gasteiger partial charge on any atom is 0.328 e. The smallest absolute Gasteiger partial charge is 0.328 e. The molecule has 0 saturated carbocycles. The normalized spacial score (nSPS) is 12.9. The van der Waals surface area contributed by atoms with Gasteiger partial charge in [-0.05, 0) is 24.5 Å². The molecule has 0 aliphatic rings. The van der Waals surface area contributed by atoms with Crippen LogP contribution >= 0.6 is 0 Å². The number of ether oxygens (including phenoxy) is 1. The van der Waals surface area contributed by atoms with E-state index in [1.54, 1.807) is 6.92 Å². The van der Waals surface area contributed by atoms with Crippen molar-refractivity contribution in [1.29, 1.82) is 0 Å². The monoisotopic (exact) mass is 339 g/mol. The van der Waals surface area contributed by atoms with E-state index in [0.717, 1.165) is 11.1 Å². The summed E-state index contributed by atoms with van der Waals surface area (Å²) >= 11 is 0. The Morgan fingerprint density at radius 2 is 1.44 bits per heavy atom. The number of esters is 1. The lowest BCUT2D eigenvalue weighted by Crippen LogP contribution is -2.45. The highest BCUT2D eigenvalue weighted by molar-refractivity contribution is 5.86. The van der Waals surface area contributed by atoms with Crippen molar-refractivity contribution >= 4 is 11.9 Å². The van der Waals surface area contributed by atoms with Crippen LogP contribution in [0.2, 0.25) is 0 Å². The zero-order chi connectivity index (χ0) is 18.1. The fraction of sp³-hybridized carbons (Fsp3) is 0.333. The molecule has 0 heterocycles. The highest BCUT2D eigenvalue weighted by atomic mass is 16.5. The summed E-state index contributed by atoms with van der Waals surface area (Å²) in [7, 11) is 0. The Morgan fingerprint density at radius 3 is 1.96 bits per heavy atom. The standard InChI is InChI=1S/C21H25NO3/c1-3-25-21(24)19(15-18-12-8-5-9-13-18)22-20(23)16(2)14-17-10-6-4-7-11-17/h4-13,16,19H,3,14-15H2,1-2H3,(H,22,23)/t16-,19-/m0/s1. The van der Waals surface area contributed by atoms with E-state index in [4.69, 9.17) is 4.74 Å². The highest BCUT2D eigenvalue weighted by Gasteiger charge is 2.25. The maximum atomic E-state index is 12.5. The Balaban J connectivity index is 2.01. The fourth-order valence-corrected chi connectivity index (χ4v) is 2.66. The Hall–Kier alpha value is -2.62. The Kier molecular flexibility index (Phi) is 7.20. The van der Waals surface area contributed by atoms with Crippen molar-refractivity contribution < 1.29 is 14.3 Å². The van der Waals surface area contributed by atoms with Crippen molar-refractivity contribution in [3.8, 4) is 0 Å². The van der Waals surface area contributed by atoms with Crippen molar-refractivity contribution in [1.82, 2.24) is 5.32 Å². The van der Waals surface area contributed by atoms with E-state index in [1.165, 1.54) is 0 Å². The zero-order valence-corrected chi connectivity index (χ0v) is 14.8. The van der Waals surface area contributed by atoms with Crippen LogP contribution in [0.3, 0.4) is 0 Å². The van der Waals surface area contributed by atoms with Crippen LogP contribution < -0.4 is 5.32 Å². The summed E-state index contributed by atoms with van der Waals surface area (Å²) in [5.74, 6) is -0.764. The number of carbonyl (C=O) groups excluding carboxylic acids is 2. The summed E-state index contributed by atoms with van der Waals surface area (Å²) in [5.41, 5.74) is 2.08. The van der Waals surface area contributed by atoms with Crippen LogP contribution in [-0.2, 0) is 27.2 Å². The molecule has 0 fully saturated rings. The van der Waals surface area contributed by atoms with Gasteiger partial charge in [0.2, 0.25) is 5.91 Å². The first-order chi connectivity index (χ1) is 12.1. The lowest BCUT2D eigenvalue weighted by molar-refractivity contribution is -0.147. The largest absolute Gasteiger partial charge is 0.464 e. The Morgan fingerprint density at radius 1 is 0.920 bits per heavy atom. The number of rotatable bonds is 8. The van der Waals surface area contributed by atoms with Crippen molar-refractivity contribution in [2.75, 3.05) is 6.61 Å². The van der Waals surface area contributed by atoms with E-state index in [-0.39, 0.29) is 11.8 Å². The van der Waals surface area contributed by atoms with Gasteiger partial charge in [-0.15, -0.1) is 0 Å². The predicted octanol–water partition coefficient (Wildman–Crippen LogP) is 3.16. The van der Waals surface area contributed by atoms with Crippen LogP contribution in [0, 0.1) is 5.92 Å². The van der Waals surface area contributed by atoms with E-state index in [2.05, 4.69) is 5.32 Å². The number of carbonyl (C=O) groups is 2. The van der Waals surface area contributed by atoms with E-state index >= 15 is 0 Å². The van der Waals surface area contributed by atoms with Crippen LogP contribution in [-0.4, -0.2) is 24.5 Å². The maximum absolute atomic E-state index is 12.5. The molecule has 0 spiro atoms. The van der Waals surface area contributed by atoms with Gasteiger partial charge >= 0.3 is 5.97 Å². The lowest BCUT2D eigenvalue weighted by atomic mass is 9.99. The van der Waals surface area contributed by atoms with Crippen LogP contribution in [0.25, 0.3) is 0 Å². The third-order valence-corrected chi connectivity index (χ3v) is 4.00. The van der Waals surface area contributed by atoms with E-state index in [9.17, 15) is 9.59 Å². The molecular weight excluding hydrogens is 314 g/mol. The van der Waals surface area contributed by atoms with Crippen LogP contribution in [0.15, 0.2) is 60.7 Å². The van der Waals surface area contributed by atoms with Gasteiger partial charge in [0.05, 0.1) is 6.61 Å². The summed E-state index contributed by atoms with van der Waals surface area (Å²) < 4.78 is 5.12. The SMILES string of the molecule is CCOC(=O)[C@H](Cc1ccccc1)NC(=O)[C@@H](C)Cc1ccccc1. The summed E-state index contributed by atoms with van der Waals surface area (Å²) in [5, 5.41) is 2.86. The lowest BCUT2D eigenvalue weighted by Gasteiger charge is -2.20. The molecule has 0 saturated heterocycles. The van der Waals surface area contributed by atoms with E-state index in [1.807, 2.05) is 67.6 Å². The van der Waals surface area contributed by atoms with Gasteiger partial charge in [0.15, 0.2) is 0 Å². The Bertz CT molecular complexity index is 670. The van der Waals surface area contributed by atoms with Crippen molar-refractivity contribution in [2.24, 2.45) is 5.92 Å². The predicted molar refractivity (Wildman–Crippen MR) is 98.0 cm³/mol. The number of amides is 1. The number of benzene rings is 2. The second kappa shape index (κ2) is 9.62. The third kappa shape index (κ3) is 6.07. The van der Waals surface area contributed by atoms with Gasteiger partial charge < -0.3 is 10.1 Å². The molecule has 25 heavy (non-hydrogen) atoms. The van der Waals surface area contributed by atoms with E-state index in [0.29, 0.717) is 19.4 Å². The molecule has 2 aromatic rings. The molecule has 1 amide bonds. The second-order valence-electron chi connectivity index (χ2n) is 6.09. The first-order valence-corrected chi connectivity index (χ1v) is 8.65. The second-order valence-corrected chi connectivity index (χ2v) is 6.09. The van der Waals surface area contributed by atoms with Gasteiger partial charge in [0, 0.05) is 12.3 Å². The summed E-state index contributed by atoms with van der Waals surface area (Å²) in [6.07, 6.45) is 1.05. The van der Waals surface area contributed by atoms with E-state index < -0.39 is 12.0 Å². The molecule has 0 aliphatic carbocycles. The van der Waals surface area contributed by atoms with Gasteiger partial charge in [-0.25, -0.2) is 4.79 Å². The average Bonchev–Trinajstić information content (AvgIpc) is 2.63. The fourth-order valence-electron chi connectivity index (χ4n) is 2.66. The minimum Gasteiger partial charge on any atom is -0.464 e. The molecule has 4 nitrogen and oxygen atoms in total. The van der Waals surface area contributed by atoms with Crippen molar-refractivity contribution in [3.05, 3.63) is 71.8 Å². The molecule has 0 radical (unpaired) electrons. The third-order valence-electron chi connectivity index (χ3n) is 4.00. The minimum atomic E-state index is -0.673. The molecule has 0 bridgehead atoms. The molecular formula is C21H25NO3. The molecule has 2 rings (SSSR count). The van der Waals surface area contributed by atoms with Gasteiger partial charge in [0.25, 0.3) is 0 Å². The molecule has 2 atom stereocenters. The minimum absolute atomic E-state index is 0.141. The molecule has 132 valence electrons. The summed E-state index contributed by atoms with van der Waals surface area (Å²) in [6.45, 7) is 3.92. The topological polar surface area (TPSA) is 55.4 Å². The molecule has 0 aromatic heterocycles. The van der Waals surface area contributed by atoms with Gasteiger partial charge in [0.1, 0.15) is 6.04 Å². The van der Waals surface area contributed by atoms with Crippen LogP contribution in [0.5, 0.6) is 0 Å². The summed E-state index contributed by atoms with van der Waals surface area (Å²) in [4.78, 5) is 24.8. The van der Waals surface area contributed by atoms with Crippen LogP contribution in [0.1, 0.15) is 25.0 Å².